The maximum absolute atomic E-state index is 11.9. The molecule has 1 fully saturated rings. The number of carbonyl (C=O) groups excluding carboxylic acids is 1. The fourth-order valence-corrected chi connectivity index (χ4v) is 2.20. The molecule has 2 heterocycles. The van der Waals surface area contributed by atoms with E-state index in [-0.39, 0.29) is 12.1 Å². The number of fused-ring (bicyclic) bond motifs is 1. The Morgan fingerprint density at radius 1 is 1.32 bits per heavy atom. The van der Waals surface area contributed by atoms with Gasteiger partial charge in [-0.3, -0.25) is 4.98 Å². The summed E-state index contributed by atoms with van der Waals surface area (Å²) >= 11 is 0. The largest absolute Gasteiger partial charge is 0.379 e. The molecule has 2 amide bonds. The van der Waals surface area contributed by atoms with Gasteiger partial charge in [-0.25, -0.2) is 4.79 Å². The van der Waals surface area contributed by atoms with Gasteiger partial charge in [-0.15, -0.1) is 0 Å². The van der Waals surface area contributed by atoms with Crippen LogP contribution in [0.3, 0.4) is 0 Å². The van der Waals surface area contributed by atoms with Crippen LogP contribution in [0.4, 0.5) is 10.5 Å². The minimum atomic E-state index is -0.214. The lowest BCUT2D eigenvalue weighted by atomic mass is 10.2. The van der Waals surface area contributed by atoms with Crippen LogP contribution in [0.2, 0.25) is 0 Å². The van der Waals surface area contributed by atoms with E-state index in [2.05, 4.69) is 15.6 Å². The number of carbonyl (C=O) groups is 1. The molecular formula is C14H15N3O2. The zero-order valence-electron chi connectivity index (χ0n) is 10.4. The number of nitrogens with zero attached hydrogens (tertiary/aromatic N) is 1. The van der Waals surface area contributed by atoms with Crippen molar-refractivity contribution < 1.29 is 9.53 Å². The first kappa shape index (κ1) is 11.9. The SMILES string of the molecule is O=C(Nc1cccc2cccnc12)NC1CCOC1. The van der Waals surface area contributed by atoms with Crippen LogP contribution in [0.1, 0.15) is 6.42 Å². The lowest BCUT2D eigenvalue weighted by Gasteiger charge is -2.12. The average molecular weight is 257 g/mol. The van der Waals surface area contributed by atoms with Crippen molar-refractivity contribution >= 4 is 22.6 Å². The number of anilines is 1. The molecule has 5 nitrogen and oxygen atoms in total. The second-order valence-corrected chi connectivity index (χ2v) is 4.54. The molecule has 0 radical (unpaired) electrons. The Morgan fingerprint density at radius 3 is 3.05 bits per heavy atom. The predicted octanol–water partition coefficient (Wildman–Crippen LogP) is 2.15. The zero-order valence-corrected chi connectivity index (χ0v) is 10.4. The van der Waals surface area contributed by atoms with E-state index < -0.39 is 0 Å². The van der Waals surface area contributed by atoms with Gasteiger partial charge in [0.25, 0.3) is 0 Å². The van der Waals surface area contributed by atoms with Crippen LogP contribution < -0.4 is 10.6 Å². The molecule has 1 aliphatic heterocycles. The van der Waals surface area contributed by atoms with Gasteiger partial charge in [-0.05, 0) is 18.6 Å². The average Bonchev–Trinajstić information content (AvgIpc) is 2.92. The second-order valence-electron chi connectivity index (χ2n) is 4.54. The highest BCUT2D eigenvalue weighted by molar-refractivity contribution is 5.99. The third kappa shape index (κ3) is 2.66. The molecule has 1 aliphatic rings. The van der Waals surface area contributed by atoms with Crippen molar-refractivity contribution in [2.75, 3.05) is 18.5 Å². The molecule has 2 N–H and O–H groups in total. The van der Waals surface area contributed by atoms with Crippen molar-refractivity contribution in [3.05, 3.63) is 36.5 Å². The van der Waals surface area contributed by atoms with E-state index in [1.165, 1.54) is 0 Å². The number of aromatic nitrogens is 1. The standard InChI is InChI=1S/C14H15N3O2/c18-14(16-11-6-8-19-9-11)17-12-5-1-3-10-4-2-7-15-13(10)12/h1-5,7,11H,6,8-9H2,(H2,16,17,18). The van der Waals surface area contributed by atoms with Gasteiger partial charge in [0, 0.05) is 18.2 Å². The maximum atomic E-state index is 11.9. The van der Waals surface area contributed by atoms with E-state index in [0.717, 1.165) is 23.0 Å². The third-order valence-corrected chi connectivity index (χ3v) is 3.15. The number of hydrogen-bond acceptors (Lipinski definition) is 3. The molecule has 1 atom stereocenters. The molecular weight excluding hydrogens is 242 g/mol. The van der Waals surface area contributed by atoms with E-state index in [1.807, 2.05) is 30.3 Å². The smallest absolute Gasteiger partial charge is 0.319 e. The summed E-state index contributed by atoms with van der Waals surface area (Å²) in [5.41, 5.74) is 1.51. The minimum absolute atomic E-state index is 0.0999. The Kier molecular flexibility index (Phi) is 3.29. The first-order valence-electron chi connectivity index (χ1n) is 6.32. The number of benzene rings is 1. The molecule has 0 saturated carbocycles. The summed E-state index contributed by atoms with van der Waals surface area (Å²) in [6, 6.07) is 9.45. The Hall–Kier alpha value is -2.14. The molecule has 3 rings (SSSR count). The van der Waals surface area contributed by atoms with Crippen molar-refractivity contribution in [3.63, 3.8) is 0 Å². The number of urea groups is 1. The van der Waals surface area contributed by atoms with Crippen molar-refractivity contribution in [2.24, 2.45) is 0 Å². The van der Waals surface area contributed by atoms with E-state index in [4.69, 9.17) is 4.74 Å². The molecule has 0 bridgehead atoms. The highest BCUT2D eigenvalue weighted by atomic mass is 16.5. The minimum Gasteiger partial charge on any atom is -0.379 e. The zero-order chi connectivity index (χ0) is 13.1. The first-order valence-corrected chi connectivity index (χ1v) is 6.32. The summed E-state index contributed by atoms with van der Waals surface area (Å²) in [7, 11) is 0. The Labute approximate surface area is 111 Å². The summed E-state index contributed by atoms with van der Waals surface area (Å²) in [5, 5.41) is 6.74. The highest BCUT2D eigenvalue weighted by Crippen LogP contribution is 2.20. The molecule has 5 heteroatoms. The van der Waals surface area contributed by atoms with Crippen molar-refractivity contribution in [1.82, 2.24) is 10.3 Å². The van der Waals surface area contributed by atoms with Gasteiger partial charge in [0.1, 0.15) is 0 Å². The van der Waals surface area contributed by atoms with Crippen LogP contribution in [-0.2, 0) is 4.74 Å². The molecule has 1 aromatic carbocycles. The van der Waals surface area contributed by atoms with E-state index in [1.54, 1.807) is 6.20 Å². The molecule has 98 valence electrons. The number of rotatable bonds is 2. The summed E-state index contributed by atoms with van der Waals surface area (Å²) in [4.78, 5) is 16.2. The summed E-state index contributed by atoms with van der Waals surface area (Å²) < 4.78 is 5.22. The fourth-order valence-electron chi connectivity index (χ4n) is 2.20. The van der Waals surface area contributed by atoms with Crippen LogP contribution in [0.15, 0.2) is 36.5 Å². The number of nitrogens with one attached hydrogen (secondary N) is 2. The summed E-state index contributed by atoms with van der Waals surface area (Å²) in [6.45, 7) is 1.29. The van der Waals surface area contributed by atoms with Crippen molar-refractivity contribution in [2.45, 2.75) is 12.5 Å². The van der Waals surface area contributed by atoms with Gasteiger partial charge in [-0.2, -0.15) is 0 Å². The number of para-hydroxylation sites is 1. The van der Waals surface area contributed by atoms with Crippen LogP contribution in [0.25, 0.3) is 10.9 Å². The Bertz CT molecular complexity index is 589. The fraction of sp³-hybridized carbons (Fsp3) is 0.286. The van der Waals surface area contributed by atoms with Crippen LogP contribution in [0, 0.1) is 0 Å². The van der Waals surface area contributed by atoms with E-state index in [9.17, 15) is 4.79 Å². The number of ether oxygens (including phenoxy) is 1. The lowest BCUT2D eigenvalue weighted by Crippen LogP contribution is -2.38. The molecule has 2 aromatic rings. The van der Waals surface area contributed by atoms with Crippen molar-refractivity contribution in [1.29, 1.82) is 0 Å². The molecule has 1 aromatic heterocycles. The number of hydrogen-bond donors (Lipinski definition) is 2. The van der Waals surface area contributed by atoms with Crippen LogP contribution in [0.5, 0.6) is 0 Å². The Balaban J connectivity index is 1.75. The maximum Gasteiger partial charge on any atom is 0.319 e. The molecule has 0 spiro atoms. The summed E-state index contributed by atoms with van der Waals surface area (Å²) in [6.07, 6.45) is 2.58. The van der Waals surface area contributed by atoms with Gasteiger partial charge in [0.2, 0.25) is 0 Å². The highest BCUT2D eigenvalue weighted by Gasteiger charge is 2.18. The molecule has 1 unspecified atom stereocenters. The second kappa shape index (κ2) is 5.24. The molecule has 0 aliphatic carbocycles. The molecule has 19 heavy (non-hydrogen) atoms. The van der Waals surface area contributed by atoms with E-state index in [0.29, 0.717) is 13.2 Å². The topological polar surface area (TPSA) is 63.2 Å². The van der Waals surface area contributed by atoms with Gasteiger partial charge < -0.3 is 15.4 Å². The van der Waals surface area contributed by atoms with Gasteiger partial charge in [0.05, 0.1) is 23.9 Å². The van der Waals surface area contributed by atoms with Crippen LogP contribution in [-0.4, -0.2) is 30.3 Å². The Morgan fingerprint density at radius 2 is 2.21 bits per heavy atom. The number of pyridine rings is 1. The monoisotopic (exact) mass is 257 g/mol. The summed E-state index contributed by atoms with van der Waals surface area (Å²) in [5.74, 6) is 0. The predicted molar refractivity (Wildman–Crippen MR) is 73.1 cm³/mol. The van der Waals surface area contributed by atoms with E-state index >= 15 is 0 Å². The molecule has 1 saturated heterocycles. The third-order valence-electron chi connectivity index (χ3n) is 3.15. The van der Waals surface area contributed by atoms with Gasteiger partial charge in [0.15, 0.2) is 0 Å². The number of amides is 2. The quantitative estimate of drug-likeness (QED) is 0.866. The van der Waals surface area contributed by atoms with Gasteiger partial charge >= 0.3 is 6.03 Å². The van der Waals surface area contributed by atoms with Crippen molar-refractivity contribution in [3.8, 4) is 0 Å². The van der Waals surface area contributed by atoms with Gasteiger partial charge in [-0.1, -0.05) is 18.2 Å². The lowest BCUT2D eigenvalue weighted by molar-refractivity contribution is 0.189. The van der Waals surface area contributed by atoms with Crippen LogP contribution >= 0.6 is 0 Å². The normalized spacial score (nSPS) is 18.4. The first-order chi connectivity index (χ1) is 9.33.